The highest BCUT2D eigenvalue weighted by Gasteiger charge is 2.17. The number of carbonyl (C=O) groups excluding carboxylic acids is 1. The van der Waals surface area contributed by atoms with Crippen LogP contribution in [0.1, 0.15) is 11.1 Å². The molecule has 3 rings (SSSR count). The minimum absolute atomic E-state index is 0.0647. The van der Waals surface area contributed by atoms with Gasteiger partial charge in [-0.25, -0.2) is 9.78 Å². The van der Waals surface area contributed by atoms with E-state index in [-0.39, 0.29) is 18.0 Å². The van der Waals surface area contributed by atoms with Crippen molar-refractivity contribution in [3.05, 3.63) is 60.3 Å². The number of fused-ring (bicyclic) bond motifs is 1. The van der Waals surface area contributed by atoms with E-state index in [9.17, 15) is 10.1 Å². The Kier molecular flexibility index (Phi) is 4.44. The van der Waals surface area contributed by atoms with Gasteiger partial charge in [-0.2, -0.15) is 15.0 Å². The van der Waals surface area contributed by atoms with E-state index >= 15 is 0 Å². The number of rotatable bonds is 4. The first-order valence-corrected chi connectivity index (χ1v) is 7.53. The maximum Gasteiger partial charge on any atom is 0.413 e. The lowest BCUT2D eigenvalue weighted by Crippen LogP contribution is -2.17. The Morgan fingerprint density at radius 3 is 3.04 bits per heavy atom. The number of nitrogens with zero attached hydrogens (tertiary/aromatic N) is 4. The molecular weight excluding hydrogens is 318 g/mol. The van der Waals surface area contributed by atoms with Gasteiger partial charge in [0.25, 0.3) is 0 Å². The summed E-state index contributed by atoms with van der Waals surface area (Å²) >= 11 is 0. The molecule has 7 nitrogen and oxygen atoms in total. The lowest BCUT2D eigenvalue weighted by atomic mass is 10.1. The lowest BCUT2D eigenvalue weighted by Gasteiger charge is -2.11. The number of amides is 1. The summed E-state index contributed by atoms with van der Waals surface area (Å²) in [5.74, 6) is 0.704. The van der Waals surface area contributed by atoms with E-state index in [0.29, 0.717) is 5.82 Å². The number of para-hydroxylation sites is 1. The maximum absolute atomic E-state index is 11.8. The average Bonchev–Trinajstić information content (AvgIpc) is 3.02. The van der Waals surface area contributed by atoms with Gasteiger partial charge in [0.15, 0.2) is 11.6 Å². The van der Waals surface area contributed by atoms with Crippen molar-refractivity contribution in [3.8, 4) is 11.9 Å². The summed E-state index contributed by atoms with van der Waals surface area (Å²) in [5, 5.41) is 17.0. The number of aromatic nitrogens is 3. The Bertz CT molecular complexity index is 1000. The minimum atomic E-state index is -0.698. The molecule has 7 heteroatoms. The summed E-state index contributed by atoms with van der Waals surface area (Å²) in [6, 6.07) is 11.6. The Labute approximate surface area is 144 Å². The molecule has 1 N–H and O–H groups in total. The monoisotopic (exact) mass is 333 g/mol. The van der Waals surface area contributed by atoms with Gasteiger partial charge in [0.2, 0.25) is 0 Å². The molecule has 0 aliphatic carbocycles. The molecule has 1 amide bonds. The number of nitrogens with one attached hydrogen (secondary N) is 1. The fourth-order valence-corrected chi connectivity index (χ4v) is 2.43. The number of benzene rings is 1. The number of carbonyl (C=O) groups is 1. The first-order chi connectivity index (χ1) is 12.1. The molecule has 0 saturated carbocycles. The van der Waals surface area contributed by atoms with Crippen LogP contribution in [0.3, 0.4) is 0 Å². The molecule has 0 aliphatic heterocycles. The standard InChI is InChI=1S/C18H15N5O2/c1-3-8-25-18(24)22-17-13(10-19)11-20-23(17)16-9-12(2)14-6-4-5-7-15(14)21-16/h3-7,9,11H,1,8H2,2H3,(H,22,24). The molecule has 0 spiro atoms. The van der Waals surface area contributed by atoms with Crippen LogP contribution in [0.5, 0.6) is 0 Å². The van der Waals surface area contributed by atoms with Crippen molar-refractivity contribution >= 4 is 22.8 Å². The number of pyridine rings is 1. The highest BCUT2D eigenvalue weighted by Crippen LogP contribution is 2.23. The normalized spacial score (nSPS) is 10.2. The summed E-state index contributed by atoms with van der Waals surface area (Å²) in [7, 11) is 0. The van der Waals surface area contributed by atoms with Gasteiger partial charge >= 0.3 is 6.09 Å². The number of aryl methyl sites for hydroxylation is 1. The molecule has 0 radical (unpaired) electrons. The lowest BCUT2D eigenvalue weighted by molar-refractivity contribution is 0.174. The molecule has 0 fully saturated rings. The van der Waals surface area contributed by atoms with Crippen molar-refractivity contribution in [1.29, 1.82) is 5.26 Å². The average molecular weight is 333 g/mol. The highest BCUT2D eigenvalue weighted by molar-refractivity contribution is 5.86. The van der Waals surface area contributed by atoms with Crippen LogP contribution in [-0.2, 0) is 4.74 Å². The van der Waals surface area contributed by atoms with Crippen molar-refractivity contribution in [2.45, 2.75) is 6.92 Å². The number of hydrogen-bond acceptors (Lipinski definition) is 5. The molecule has 124 valence electrons. The second-order valence-electron chi connectivity index (χ2n) is 5.26. The number of anilines is 1. The van der Waals surface area contributed by atoms with Crippen molar-refractivity contribution in [1.82, 2.24) is 14.8 Å². The van der Waals surface area contributed by atoms with Gasteiger partial charge in [-0.15, -0.1) is 0 Å². The molecular formula is C18H15N5O2. The Morgan fingerprint density at radius 2 is 2.28 bits per heavy atom. The molecule has 0 bridgehead atoms. The Balaban J connectivity index is 2.06. The van der Waals surface area contributed by atoms with Crippen molar-refractivity contribution in [2.24, 2.45) is 0 Å². The largest absolute Gasteiger partial charge is 0.445 e. The zero-order chi connectivity index (χ0) is 17.8. The molecule has 0 unspecified atom stereocenters. The summed E-state index contributed by atoms with van der Waals surface area (Å²) in [4.78, 5) is 16.4. The fraction of sp³-hybridized carbons (Fsp3) is 0.111. The van der Waals surface area contributed by atoms with Gasteiger partial charge in [-0.1, -0.05) is 30.9 Å². The third kappa shape index (κ3) is 3.19. The Morgan fingerprint density at radius 1 is 1.48 bits per heavy atom. The van der Waals surface area contributed by atoms with Crippen LogP contribution >= 0.6 is 0 Å². The predicted octanol–water partition coefficient (Wildman–Crippen LogP) is 3.34. The van der Waals surface area contributed by atoms with Gasteiger partial charge in [0.1, 0.15) is 18.2 Å². The maximum atomic E-state index is 11.8. The molecule has 2 heterocycles. The van der Waals surface area contributed by atoms with E-state index < -0.39 is 6.09 Å². The zero-order valence-corrected chi connectivity index (χ0v) is 13.6. The smallest absolute Gasteiger partial charge is 0.413 e. The van der Waals surface area contributed by atoms with Crippen LogP contribution in [0.25, 0.3) is 16.7 Å². The zero-order valence-electron chi connectivity index (χ0n) is 13.6. The van der Waals surface area contributed by atoms with Gasteiger partial charge < -0.3 is 4.74 Å². The number of nitriles is 1. The molecule has 1 aromatic carbocycles. The third-order valence-corrected chi connectivity index (χ3v) is 3.57. The first kappa shape index (κ1) is 16.2. The summed E-state index contributed by atoms with van der Waals surface area (Å²) < 4.78 is 6.32. The van der Waals surface area contributed by atoms with Gasteiger partial charge in [0.05, 0.1) is 11.7 Å². The van der Waals surface area contributed by atoms with E-state index in [1.54, 1.807) is 0 Å². The summed E-state index contributed by atoms with van der Waals surface area (Å²) in [6.45, 7) is 5.51. The van der Waals surface area contributed by atoms with Gasteiger partial charge in [0, 0.05) is 5.39 Å². The van der Waals surface area contributed by atoms with Crippen molar-refractivity contribution in [3.63, 3.8) is 0 Å². The Hall–Kier alpha value is -3.66. The third-order valence-electron chi connectivity index (χ3n) is 3.57. The quantitative estimate of drug-likeness (QED) is 0.739. The number of ether oxygens (including phenoxy) is 1. The van der Waals surface area contributed by atoms with Crippen LogP contribution in [0, 0.1) is 18.3 Å². The van der Waals surface area contributed by atoms with E-state index in [1.807, 2.05) is 43.3 Å². The molecule has 2 aromatic heterocycles. The van der Waals surface area contributed by atoms with Gasteiger partial charge in [-0.3, -0.25) is 5.32 Å². The SMILES string of the molecule is C=CCOC(=O)Nc1c(C#N)cnn1-c1cc(C)c2ccccc2n1. The summed E-state index contributed by atoms with van der Waals surface area (Å²) in [6.07, 6.45) is 2.13. The minimum Gasteiger partial charge on any atom is -0.445 e. The van der Waals surface area contributed by atoms with Crippen molar-refractivity contribution in [2.75, 3.05) is 11.9 Å². The van der Waals surface area contributed by atoms with Crippen LogP contribution in [0.2, 0.25) is 0 Å². The second kappa shape index (κ2) is 6.84. The van der Waals surface area contributed by atoms with Crippen LogP contribution in [0.15, 0.2) is 49.2 Å². The first-order valence-electron chi connectivity index (χ1n) is 7.53. The number of hydrogen-bond donors (Lipinski definition) is 1. The molecule has 25 heavy (non-hydrogen) atoms. The van der Waals surface area contributed by atoms with E-state index in [0.717, 1.165) is 16.5 Å². The van der Waals surface area contributed by atoms with Crippen LogP contribution < -0.4 is 5.32 Å². The predicted molar refractivity (Wildman–Crippen MR) is 93.5 cm³/mol. The van der Waals surface area contributed by atoms with E-state index in [1.165, 1.54) is 17.0 Å². The van der Waals surface area contributed by atoms with Gasteiger partial charge in [-0.05, 0) is 24.6 Å². The van der Waals surface area contributed by atoms with E-state index in [2.05, 4.69) is 22.0 Å². The fourth-order valence-electron chi connectivity index (χ4n) is 2.43. The van der Waals surface area contributed by atoms with Crippen LogP contribution in [-0.4, -0.2) is 27.5 Å². The molecule has 0 aliphatic rings. The summed E-state index contributed by atoms with van der Waals surface area (Å²) in [5.41, 5.74) is 2.02. The van der Waals surface area contributed by atoms with Crippen LogP contribution in [0.4, 0.5) is 10.6 Å². The van der Waals surface area contributed by atoms with E-state index in [4.69, 9.17) is 4.74 Å². The van der Waals surface area contributed by atoms with Crippen molar-refractivity contribution < 1.29 is 9.53 Å². The highest BCUT2D eigenvalue weighted by atomic mass is 16.5. The molecule has 0 saturated heterocycles. The topological polar surface area (TPSA) is 92.8 Å². The molecule has 0 atom stereocenters. The molecule has 3 aromatic rings. The second-order valence-corrected chi connectivity index (χ2v) is 5.26.